The van der Waals surface area contributed by atoms with Crippen molar-refractivity contribution in [2.24, 2.45) is 10.7 Å². The Balaban J connectivity index is 0.000000437. The van der Waals surface area contributed by atoms with Crippen LogP contribution >= 0.6 is 0 Å². The number of nitrogens with zero attached hydrogens (tertiary/aromatic N) is 2. The molecule has 5 N–H and O–H groups in total. The summed E-state index contributed by atoms with van der Waals surface area (Å²) in [5.74, 6) is -1.26. The standard InChI is InChI=1S/C7H12N2O3.C2H5NO2/c10-4-3-9-2-1-8-6(9)5-7(11)12;3-1-2(4)5/h10H,1-5H2,(H,11,12);1,3H2,(H,4,5). The molecule has 0 aliphatic carbocycles. The highest BCUT2D eigenvalue weighted by atomic mass is 16.4. The molecular weight excluding hydrogens is 230 g/mol. The predicted molar refractivity (Wildman–Crippen MR) is 59.9 cm³/mol. The summed E-state index contributed by atoms with van der Waals surface area (Å²) in [5, 5.41) is 24.7. The van der Waals surface area contributed by atoms with Crippen LogP contribution in [0.4, 0.5) is 0 Å². The van der Waals surface area contributed by atoms with Crippen molar-refractivity contribution in [3.05, 3.63) is 0 Å². The number of aliphatic hydroxyl groups is 1. The van der Waals surface area contributed by atoms with Gasteiger partial charge in [-0.1, -0.05) is 0 Å². The molecule has 0 unspecified atom stereocenters. The van der Waals surface area contributed by atoms with Crippen molar-refractivity contribution in [3.63, 3.8) is 0 Å². The van der Waals surface area contributed by atoms with E-state index in [9.17, 15) is 9.59 Å². The van der Waals surface area contributed by atoms with Crippen molar-refractivity contribution < 1.29 is 24.9 Å². The van der Waals surface area contributed by atoms with E-state index in [1.165, 1.54) is 0 Å². The van der Waals surface area contributed by atoms with E-state index >= 15 is 0 Å². The van der Waals surface area contributed by atoms with Gasteiger partial charge in [0.15, 0.2) is 0 Å². The Bertz CT molecular complexity index is 292. The number of aliphatic imine (C=N–C) groups is 1. The smallest absolute Gasteiger partial charge is 0.317 e. The third-order valence-corrected chi connectivity index (χ3v) is 1.88. The quantitative estimate of drug-likeness (QED) is 0.449. The zero-order valence-electron chi connectivity index (χ0n) is 9.37. The van der Waals surface area contributed by atoms with Crippen molar-refractivity contribution in [3.8, 4) is 0 Å². The lowest BCUT2D eigenvalue weighted by atomic mass is 10.3. The Morgan fingerprint density at radius 3 is 2.35 bits per heavy atom. The summed E-state index contributed by atoms with van der Waals surface area (Å²) in [6.07, 6.45) is -0.0417. The lowest BCUT2D eigenvalue weighted by Gasteiger charge is -2.17. The fourth-order valence-electron chi connectivity index (χ4n) is 1.19. The number of carbonyl (C=O) groups is 2. The van der Waals surface area contributed by atoms with Gasteiger partial charge in [0, 0.05) is 13.1 Å². The average Bonchev–Trinajstić information content (AvgIpc) is 2.66. The van der Waals surface area contributed by atoms with Gasteiger partial charge in [-0.25, -0.2) is 0 Å². The summed E-state index contributed by atoms with van der Waals surface area (Å²) in [4.78, 5) is 25.4. The van der Waals surface area contributed by atoms with Crippen molar-refractivity contribution >= 4 is 17.8 Å². The maximum absolute atomic E-state index is 10.3. The van der Waals surface area contributed by atoms with Gasteiger partial charge in [0.05, 0.1) is 19.7 Å². The van der Waals surface area contributed by atoms with Gasteiger partial charge >= 0.3 is 11.9 Å². The Kier molecular flexibility index (Phi) is 7.65. The van der Waals surface area contributed by atoms with Crippen LogP contribution in [0.25, 0.3) is 0 Å². The van der Waals surface area contributed by atoms with Crippen molar-refractivity contribution in [1.82, 2.24) is 4.90 Å². The monoisotopic (exact) mass is 247 g/mol. The number of hydrogen-bond acceptors (Lipinski definition) is 6. The second kappa shape index (κ2) is 8.48. The van der Waals surface area contributed by atoms with E-state index < -0.39 is 11.9 Å². The number of aliphatic hydroxyl groups excluding tert-OH is 1. The number of aliphatic carboxylic acids is 2. The van der Waals surface area contributed by atoms with E-state index in [4.69, 9.17) is 15.3 Å². The first-order chi connectivity index (χ1) is 8.01. The lowest BCUT2D eigenvalue weighted by Crippen LogP contribution is -2.31. The minimum Gasteiger partial charge on any atom is -0.481 e. The van der Waals surface area contributed by atoms with Crippen molar-refractivity contribution in [1.29, 1.82) is 0 Å². The van der Waals surface area contributed by atoms with Crippen molar-refractivity contribution in [2.75, 3.05) is 32.8 Å². The van der Waals surface area contributed by atoms with Gasteiger partial charge in [0.1, 0.15) is 12.3 Å². The number of carboxylic acids is 2. The maximum Gasteiger partial charge on any atom is 0.317 e. The minimum atomic E-state index is -0.968. The second-order valence-corrected chi connectivity index (χ2v) is 3.18. The van der Waals surface area contributed by atoms with Crippen LogP contribution in [0.5, 0.6) is 0 Å². The topological polar surface area (TPSA) is 136 Å². The highest BCUT2D eigenvalue weighted by molar-refractivity contribution is 5.97. The lowest BCUT2D eigenvalue weighted by molar-refractivity contribution is -0.136. The number of hydrogen-bond donors (Lipinski definition) is 4. The largest absolute Gasteiger partial charge is 0.481 e. The fraction of sp³-hybridized carbons (Fsp3) is 0.667. The summed E-state index contributed by atoms with van der Waals surface area (Å²) in [5.41, 5.74) is 4.57. The number of carboxylic acid groups (broad SMARTS) is 2. The molecule has 98 valence electrons. The van der Waals surface area contributed by atoms with Crippen LogP contribution < -0.4 is 5.73 Å². The highest BCUT2D eigenvalue weighted by Crippen LogP contribution is 2.03. The zero-order chi connectivity index (χ0) is 13.3. The Morgan fingerprint density at radius 1 is 1.35 bits per heavy atom. The first-order valence-corrected chi connectivity index (χ1v) is 5.04. The van der Waals surface area contributed by atoms with Crippen LogP contribution in [0.2, 0.25) is 0 Å². The molecule has 1 rings (SSSR count). The molecule has 0 aromatic carbocycles. The molecule has 17 heavy (non-hydrogen) atoms. The minimum absolute atomic E-state index is 0.0403. The van der Waals surface area contributed by atoms with Crippen molar-refractivity contribution in [2.45, 2.75) is 6.42 Å². The summed E-state index contributed by atoms with van der Waals surface area (Å²) in [6.45, 7) is 1.61. The van der Waals surface area contributed by atoms with Crippen LogP contribution in [0, 0.1) is 0 Å². The van der Waals surface area contributed by atoms with Crippen LogP contribution in [-0.2, 0) is 9.59 Å². The third kappa shape index (κ3) is 7.25. The molecule has 0 aromatic heterocycles. The number of nitrogens with two attached hydrogens (primary N) is 1. The molecule has 0 saturated heterocycles. The van der Waals surface area contributed by atoms with Crippen LogP contribution in [0.1, 0.15) is 6.42 Å². The number of rotatable bonds is 5. The molecule has 0 fully saturated rings. The molecule has 1 aliphatic rings. The first kappa shape index (κ1) is 15.3. The molecule has 0 atom stereocenters. The van der Waals surface area contributed by atoms with E-state index in [0.29, 0.717) is 18.9 Å². The number of amidine groups is 1. The van der Waals surface area contributed by atoms with Crippen LogP contribution in [0.3, 0.4) is 0 Å². The third-order valence-electron chi connectivity index (χ3n) is 1.88. The van der Waals surface area contributed by atoms with Gasteiger partial charge < -0.3 is 26.0 Å². The zero-order valence-corrected chi connectivity index (χ0v) is 9.37. The van der Waals surface area contributed by atoms with Crippen LogP contribution in [0.15, 0.2) is 4.99 Å². The molecule has 0 aromatic rings. The molecule has 1 aliphatic heterocycles. The van der Waals surface area contributed by atoms with Crippen LogP contribution in [-0.4, -0.2) is 70.8 Å². The second-order valence-electron chi connectivity index (χ2n) is 3.18. The maximum atomic E-state index is 10.3. The molecule has 8 heteroatoms. The average molecular weight is 247 g/mol. The Hall–Kier alpha value is -1.67. The molecule has 0 amide bonds. The van der Waals surface area contributed by atoms with Gasteiger partial charge in [0.25, 0.3) is 0 Å². The Labute approximate surface area is 98.4 Å². The van der Waals surface area contributed by atoms with E-state index in [-0.39, 0.29) is 19.6 Å². The molecule has 1 heterocycles. The molecule has 8 nitrogen and oxygen atoms in total. The van der Waals surface area contributed by atoms with E-state index in [1.54, 1.807) is 4.90 Å². The summed E-state index contributed by atoms with van der Waals surface area (Å²) < 4.78 is 0. The van der Waals surface area contributed by atoms with Gasteiger partial charge in [-0.05, 0) is 0 Å². The molecule has 0 radical (unpaired) electrons. The van der Waals surface area contributed by atoms with Gasteiger partial charge in [-0.15, -0.1) is 0 Å². The molecular formula is C9H17N3O5. The van der Waals surface area contributed by atoms with Gasteiger partial charge in [0.2, 0.25) is 0 Å². The first-order valence-electron chi connectivity index (χ1n) is 5.04. The predicted octanol–water partition coefficient (Wildman–Crippen LogP) is -1.80. The Morgan fingerprint density at radius 2 is 1.94 bits per heavy atom. The molecule has 0 spiro atoms. The summed E-state index contributed by atoms with van der Waals surface area (Å²) in [6, 6.07) is 0. The number of β-amino-alcohol motifs (C(OH)–C–C–N with tert-alkyl or cyclic N) is 1. The summed E-state index contributed by atoms with van der Waals surface area (Å²) in [7, 11) is 0. The molecule has 0 saturated carbocycles. The van der Waals surface area contributed by atoms with E-state index in [0.717, 1.165) is 6.54 Å². The normalized spacial score (nSPS) is 13.8. The summed E-state index contributed by atoms with van der Waals surface area (Å²) >= 11 is 0. The fourth-order valence-corrected chi connectivity index (χ4v) is 1.19. The SMILES string of the molecule is NCC(=O)O.O=C(O)CC1=NCCN1CCO. The van der Waals surface area contributed by atoms with E-state index in [1.807, 2.05) is 0 Å². The van der Waals surface area contributed by atoms with E-state index in [2.05, 4.69) is 10.7 Å². The highest BCUT2D eigenvalue weighted by Gasteiger charge is 2.18. The van der Waals surface area contributed by atoms with Gasteiger partial charge in [-0.3, -0.25) is 14.6 Å². The molecule has 0 bridgehead atoms. The van der Waals surface area contributed by atoms with Gasteiger partial charge in [-0.2, -0.15) is 0 Å².